The summed E-state index contributed by atoms with van der Waals surface area (Å²) in [6.07, 6.45) is 2.59. The number of nitrogens with one attached hydrogen (secondary N) is 2. The second kappa shape index (κ2) is 14.0. The van der Waals surface area contributed by atoms with Crippen LogP contribution in [0.4, 0.5) is 4.79 Å². The number of carbonyl (C=O) groups excluding carboxylic acids is 2. The minimum atomic E-state index is -0.553. The molecule has 0 saturated carbocycles. The minimum Gasteiger partial charge on any atom is -0.508 e. The zero-order valence-corrected chi connectivity index (χ0v) is 24.4. The summed E-state index contributed by atoms with van der Waals surface area (Å²) >= 11 is 0. The standard InChI is InChI=1S/C31H42N4O5/c1-20-16-24(36)17-21(2)25(20)18-22(3)28(37)33-26(14-10-11-15-32-30(38)39-31(4,5)6)29-34-27(35-40-29)19-23-12-8-7-9-13-23/h7-9,12-13,16-17,22,26,36H,10-11,14-15,18-19H2,1-6H3,(H,32,38)(H,33,37)/t22-,26+/m1/s1. The van der Waals surface area contributed by atoms with Crippen LogP contribution in [0.15, 0.2) is 47.0 Å². The highest BCUT2D eigenvalue weighted by Gasteiger charge is 2.25. The lowest BCUT2D eigenvalue weighted by molar-refractivity contribution is -0.125. The number of hydrogen-bond acceptors (Lipinski definition) is 7. The van der Waals surface area contributed by atoms with Gasteiger partial charge in [-0.15, -0.1) is 0 Å². The Labute approximate surface area is 236 Å². The first-order chi connectivity index (χ1) is 18.9. The quantitative estimate of drug-likeness (QED) is 0.246. The molecule has 1 heterocycles. The van der Waals surface area contributed by atoms with Crippen LogP contribution >= 0.6 is 0 Å². The highest BCUT2D eigenvalue weighted by Crippen LogP contribution is 2.25. The number of aryl methyl sites for hydroxylation is 2. The summed E-state index contributed by atoms with van der Waals surface area (Å²) in [5, 5.41) is 19.9. The molecule has 0 aliphatic heterocycles. The average molecular weight is 551 g/mol. The highest BCUT2D eigenvalue weighted by atomic mass is 16.6. The number of hydrogen-bond donors (Lipinski definition) is 3. The first kappa shape index (κ1) is 30.7. The van der Waals surface area contributed by atoms with Crippen LogP contribution in [-0.4, -0.2) is 39.4 Å². The van der Waals surface area contributed by atoms with E-state index in [2.05, 4.69) is 20.8 Å². The highest BCUT2D eigenvalue weighted by molar-refractivity contribution is 5.79. The molecular formula is C31H42N4O5. The van der Waals surface area contributed by atoms with Crippen molar-refractivity contribution in [3.63, 3.8) is 0 Å². The molecule has 0 bridgehead atoms. The topological polar surface area (TPSA) is 127 Å². The largest absolute Gasteiger partial charge is 0.508 e. The number of aromatic hydroxyl groups is 1. The minimum absolute atomic E-state index is 0.119. The molecule has 3 N–H and O–H groups in total. The lowest BCUT2D eigenvalue weighted by Gasteiger charge is -2.20. The van der Waals surface area contributed by atoms with Gasteiger partial charge in [0.2, 0.25) is 11.8 Å². The number of aromatic nitrogens is 2. The number of alkyl carbamates (subject to hydrolysis) is 1. The van der Waals surface area contributed by atoms with Gasteiger partial charge < -0.3 is 25.0 Å². The molecule has 0 radical (unpaired) electrons. The molecular weight excluding hydrogens is 508 g/mol. The van der Waals surface area contributed by atoms with Crippen molar-refractivity contribution in [3.8, 4) is 5.75 Å². The number of phenols is 1. The summed E-state index contributed by atoms with van der Waals surface area (Å²) < 4.78 is 10.9. The van der Waals surface area contributed by atoms with Gasteiger partial charge in [0.25, 0.3) is 0 Å². The summed E-state index contributed by atoms with van der Waals surface area (Å²) in [6, 6.07) is 12.9. The predicted molar refractivity (Wildman–Crippen MR) is 153 cm³/mol. The van der Waals surface area contributed by atoms with Gasteiger partial charge in [0.15, 0.2) is 5.82 Å². The summed E-state index contributed by atoms with van der Waals surface area (Å²) in [7, 11) is 0. The van der Waals surface area contributed by atoms with E-state index in [4.69, 9.17) is 9.26 Å². The summed E-state index contributed by atoms with van der Waals surface area (Å²) in [5.74, 6) is 0.704. The molecule has 9 nitrogen and oxygen atoms in total. The fraction of sp³-hybridized carbons (Fsp3) is 0.484. The summed E-state index contributed by atoms with van der Waals surface area (Å²) in [6.45, 7) is 11.7. The molecule has 0 fully saturated rings. The Kier molecular flexibility index (Phi) is 10.7. The van der Waals surface area contributed by atoms with E-state index in [0.29, 0.717) is 50.4 Å². The lowest BCUT2D eigenvalue weighted by Crippen LogP contribution is -2.34. The fourth-order valence-corrected chi connectivity index (χ4v) is 4.50. The Hall–Kier alpha value is -3.88. The smallest absolute Gasteiger partial charge is 0.407 e. The van der Waals surface area contributed by atoms with Crippen LogP contribution < -0.4 is 10.6 Å². The number of ether oxygens (including phenoxy) is 1. The molecule has 2 amide bonds. The molecule has 3 rings (SSSR count). The van der Waals surface area contributed by atoms with Crippen molar-refractivity contribution in [2.75, 3.05) is 6.54 Å². The number of nitrogens with zero attached hydrogens (tertiary/aromatic N) is 2. The summed E-state index contributed by atoms with van der Waals surface area (Å²) in [5.41, 5.74) is 3.47. The molecule has 9 heteroatoms. The van der Waals surface area contributed by atoms with E-state index in [1.807, 2.05) is 71.9 Å². The third-order valence-electron chi connectivity index (χ3n) is 6.53. The number of amides is 2. The van der Waals surface area contributed by atoms with Gasteiger partial charge in [0.1, 0.15) is 17.4 Å². The number of unbranched alkanes of at least 4 members (excludes halogenated alkanes) is 1. The van der Waals surface area contributed by atoms with Gasteiger partial charge in [-0.05, 0) is 94.7 Å². The monoisotopic (exact) mass is 550 g/mol. The van der Waals surface area contributed by atoms with Gasteiger partial charge in [-0.25, -0.2) is 4.79 Å². The zero-order chi connectivity index (χ0) is 29.3. The molecule has 0 saturated heterocycles. The second-order valence-electron chi connectivity index (χ2n) is 11.4. The van der Waals surface area contributed by atoms with Crippen LogP contribution in [0.3, 0.4) is 0 Å². The Balaban J connectivity index is 1.65. The van der Waals surface area contributed by atoms with E-state index in [-0.39, 0.29) is 17.6 Å². The Morgan fingerprint density at radius 3 is 2.40 bits per heavy atom. The third-order valence-corrected chi connectivity index (χ3v) is 6.53. The molecule has 1 aromatic heterocycles. The van der Waals surface area contributed by atoms with Crippen molar-refractivity contribution in [3.05, 3.63) is 76.4 Å². The molecule has 0 unspecified atom stereocenters. The van der Waals surface area contributed by atoms with Crippen molar-refractivity contribution in [1.29, 1.82) is 0 Å². The predicted octanol–water partition coefficient (Wildman–Crippen LogP) is 5.71. The number of carbonyl (C=O) groups is 2. The SMILES string of the molecule is Cc1cc(O)cc(C)c1C[C@@H](C)C(=O)N[C@@H](CCCCNC(=O)OC(C)(C)C)c1nc(Cc2ccccc2)no1. The van der Waals surface area contributed by atoms with Crippen LogP contribution in [-0.2, 0) is 22.4 Å². The number of rotatable bonds is 12. The van der Waals surface area contributed by atoms with Crippen molar-refractivity contribution < 1.29 is 24.0 Å². The maximum absolute atomic E-state index is 13.3. The third kappa shape index (κ3) is 9.70. The maximum atomic E-state index is 13.3. The number of benzene rings is 2. The zero-order valence-electron chi connectivity index (χ0n) is 24.4. The van der Waals surface area contributed by atoms with E-state index in [0.717, 1.165) is 22.3 Å². The lowest BCUT2D eigenvalue weighted by atomic mass is 9.92. The van der Waals surface area contributed by atoms with Crippen molar-refractivity contribution >= 4 is 12.0 Å². The van der Waals surface area contributed by atoms with E-state index in [9.17, 15) is 14.7 Å². The molecule has 2 aromatic carbocycles. The van der Waals surface area contributed by atoms with E-state index < -0.39 is 17.7 Å². The van der Waals surface area contributed by atoms with Crippen molar-refractivity contribution in [1.82, 2.24) is 20.8 Å². The molecule has 0 spiro atoms. The molecule has 0 aliphatic carbocycles. The normalized spacial score (nSPS) is 12.9. The van der Waals surface area contributed by atoms with E-state index >= 15 is 0 Å². The van der Waals surface area contributed by atoms with Crippen molar-refractivity contribution in [2.45, 2.75) is 85.3 Å². The van der Waals surface area contributed by atoms with Crippen LogP contribution in [0.1, 0.15) is 87.0 Å². The number of phenolic OH excluding ortho intramolecular Hbond substituents is 1. The van der Waals surface area contributed by atoms with Gasteiger partial charge in [-0.1, -0.05) is 42.4 Å². The Bertz CT molecular complexity index is 1240. The first-order valence-corrected chi connectivity index (χ1v) is 13.8. The summed E-state index contributed by atoms with van der Waals surface area (Å²) in [4.78, 5) is 29.8. The maximum Gasteiger partial charge on any atom is 0.407 e. The first-order valence-electron chi connectivity index (χ1n) is 13.8. The second-order valence-corrected chi connectivity index (χ2v) is 11.4. The Morgan fingerprint density at radius 2 is 1.75 bits per heavy atom. The van der Waals surface area contributed by atoms with Crippen LogP contribution in [0, 0.1) is 19.8 Å². The van der Waals surface area contributed by atoms with E-state index in [1.54, 1.807) is 12.1 Å². The molecule has 3 aromatic rings. The molecule has 0 aliphatic rings. The van der Waals surface area contributed by atoms with Crippen LogP contribution in [0.25, 0.3) is 0 Å². The molecule has 216 valence electrons. The van der Waals surface area contributed by atoms with Crippen molar-refractivity contribution in [2.24, 2.45) is 5.92 Å². The molecule has 40 heavy (non-hydrogen) atoms. The van der Waals surface area contributed by atoms with Gasteiger partial charge in [-0.3, -0.25) is 4.79 Å². The van der Waals surface area contributed by atoms with Gasteiger partial charge in [-0.2, -0.15) is 4.98 Å². The van der Waals surface area contributed by atoms with Crippen LogP contribution in [0.2, 0.25) is 0 Å². The van der Waals surface area contributed by atoms with Gasteiger partial charge in [0, 0.05) is 18.9 Å². The van der Waals surface area contributed by atoms with Gasteiger partial charge in [0.05, 0.1) is 0 Å². The van der Waals surface area contributed by atoms with Gasteiger partial charge >= 0.3 is 6.09 Å². The average Bonchev–Trinajstić information content (AvgIpc) is 3.32. The van der Waals surface area contributed by atoms with Crippen LogP contribution in [0.5, 0.6) is 5.75 Å². The van der Waals surface area contributed by atoms with E-state index in [1.165, 1.54) is 0 Å². The fourth-order valence-electron chi connectivity index (χ4n) is 4.50. The Morgan fingerprint density at radius 1 is 1.07 bits per heavy atom. The molecule has 2 atom stereocenters.